The number of halogens is 2. The Morgan fingerprint density at radius 2 is 1.79 bits per heavy atom. The molecule has 2 aromatic rings. The topological polar surface area (TPSA) is 67.0 Å². The number of aliphatic hydroxyl groups is 2. The molecule has 6 rings (SSSR count). The SMILES string of the molecule is C=C1C(/C=C\C=C2/CCC[C@]3(C)[C@@H]([C@H](C)CCCC(C)(C)O)CC[C@@]23C)C[C@@H](O)C[C@@H]1OCCC1=N/C(=C\c2ccc(/C=C/C=C/c3ccccc3)n2B(F)F)C=C1. The molecular weight excluding hydrogens is 725 g/mol. The summed E-state index contributed by atoms with van der Waals surface area (Å²) in [5.74, 6) is 1.37. The van der Waals surface area contributed by atoms with E-state index in [9.17, 15) is 18.8 Å². The molecular formula is C50H65BF2N2O3. The van der Waals surface area contributed by atoms with Crippen LogP contribution in [0.25, 0.3) is 18.2 Å². The Bertz CT molecular complexity index is 1950. The molecule has 2 heterocycles. The second kappa shape index (κ2) is 19.0. The van der Waals surface area contributed by atoms with Crippen LogP contribution < -0.4 is 0 Å². The summed E-state index contributed by atoms with van der Waals surface area (Å²) in [7, 11) is -2.70. The van der Waals surface area contributed by atoms with Crippen LogP contribution in [-0.4, -0.2) is 52.2 Å². The van der Waals surface area contributed by atoms with E-state index in [1.165, 1.54) is 32.1 Å². The molecule has 310 valence electrons. The van der Waals surface area contributed by atoms with E-state index >= 15 is 0 Å². The molecule has 1 aromatic heterocycles. The Kier molecular flexibility index (Phi) is 14.4. The van der Waals surface area contributed by atoms with Crippen LogP contribution in [0, 0.1) is 28.6 Å². The van der Waals surface area contributed by atoms with Crippen LogP contribution in [-0.2, 0) is 4.74 Å². The minimum Gasteiger partial charge on any atom is -0.393 e. The molecule has 0 amide bonds. The number of nitrogens with zero attached hydrogens (tertiary/aromatic N) is 2. The van der Waals surface area contributed by atoms with Crippen molar-refractivity contribution >= 4 is 31.3 Å². The van der Waals surface area contributed by atoms with Crippen LogP contribution in [0.2, 0.25) is 0 Å². The molecule has 0 spiro atoms. The second-order valence-electron chi connectivity index (χ2n) is 18.4. The van der Waals surface area contributed by atoms with Crippen LogP contribution in [0.5, 0.6) is 0 Å². The molecule has 3 saturated carbocycles. The third kappa shape index (κ3) is 10.5. The van der Waals surface area contributed by atoms with E-state index in [2.05, 4.69) is 50.6 Å². The minimum atomic E-state index is -2.70. The van der Waals surface area contributed by atoms with Crippen molar-refractivity contribution in [3.8, 4) is 0 Å². The summed E-state index contributed by atoms with van der Waals surface area (Å²) in [6.45, 7) is 16.2. The third-order valence-electron chi connectivity index (χ3n) is 13.9. The molecule has 5 nitrogen and oxygen atoms in total. The van der Waals surface area contributed by atoms with Crippen LogP contribution in [0.15, 0.2) is 113 Å². The van der Waals surface area contributed by atoms with E-state index < -0.39 is 19.1 Å². The first-order valence-electron chi connectivity index (χ1n) is 21.6. The summed E-state index contributed by atoms with van der Waals surface area (Å²) in [5.41, 5.74) is 5.68. The predicted octanol–water partition coefficient (Wildman–Crippen LogP) is 12.1. The summed E-state index contributed by atoms with van der Waals surface area (Å²) >= 11 is 0. The molecule has 1 aromatic carbocycles. The van der Waals surface area contributed by atoms with Gasteiger partial charge in [-0.3, -0.25) is 13.6 Å². The monoisotopic (exact) mass is 791 g/mol. The first-order chi connectivity index (χ1) is 27.7. The number of hydrogen-bond donors (Lipinski definition) is 2. The molecule has 0 radical (unpaired) electrons. The molecule has 0 saturated heterocycles. The van der Waals surface area contributed by atoms with Gasteiger partial charge in [0.25, 0.3) is 0 Å². The first-order valence-corrected chi connectivity index (χ1v) is 21.6. The summed E-state index contributed by atoms with van der Waals surface area (Å²) in [6.07, 6.45) is 29.7. The van der Waals surface area contributed by atoms with E-state index in [4.69, 9.17) is 4.74 Å². The van der Waals surface area contributed by atoms with E-state index in [0.29, 0.717) is 54.8 Å². The van der Waals surface area contributed by atoms with Crippen molar-refractivity contribution in [2.45, 2.75) is 123 Å². The van der Waals surface area contributed by atoms with Crippen molar-refractivity contribution in [3.63, 3.8) is 0 Å². The first kappa shape index (κ1) is 43.7. The van der Waals surface area contributed by atoms with Crippen molar-refractivity contribution in [1.82, 2.24) is 4.48 Å². The van der Waals surface area contributed by atoms with Gasteiger partial charge in [0.1, 0.15) is 0 Å². The van der Waals surface area contributed by atoms with Gasteiger partial charge in [0.15, 0.2) is 0 Å². The maximum absolute atomic E-state index is 14.2. The van der Waals surface area contributed by atoms with Crippen LogP contribution in [0.1, 0.15) is 122 Å². The minimum absolute atomic E-state index is 0.0319. The predicted molar refractivity (Wildman–Crippen MR) is 238 cm³/mol. The van der Waals surface area contributed by atoms with Crippen LogP contribution >= 0.6 is 0 Å². The largest absolute Gasteiger partial charge is 0.678 e. The second-order valence-corrected chi connectivity index (χ2v) is 18.4. The maximum atomic E-state index is 14.2. The van der Waals surface area contributed by atoms with Gasteiger partial charge in [0, 0.05) is 35.9 Å². The molecule has 3 fully saturated rings. The zero-order valence-corrected chi connectivity index (χ0v) is 35.4. The van der Waals surface area contributed by atoms with Crippen molar-refractivity contribution in [3.05, 3.63) is 125 Å². The standard InChI is InChI=1S/C50H65BF2N2O3/c1-36(15-13-29-48(3,4)57)46-27-31-49(5)40(21-14-30-50(46,49)6)20-12-19-39-33-45(56)35-47(37(39)2)58-32-28-41-23-24-42(54-41)34-44-26-25-43(55(44)51(52)53)22-11-10-18-38-16-8-7-9-17-38/h7-12,16-20,22-26,34,36,39,45-47,56-57H,2,13-15,21,27-33,35H2,1,3-6H3/b18-10+,19-12-,22-11+,40-20+,42-34-/t36-,39?,45-,46-,47+,49+,50-/m1/s1. The quantitative estimate of drug-likeness (QED) is 0.101. The summed E-state index contributed by atoms with van der Waals surface area (Å²) in [4.78, 5) is 4.69. The van der Waals surface area contributed by atoms with E-state index in [-0.39, 0.29) is 22.9 Å². The Hall–Kier alpha value is -3.85. The zero-order chi connectivity index (χ0) is 41.5. The number of aliphatic hydroxyl groups excluding tert-OH is 1. The van der Waals surface area contributed by atoms with Gasteiger partial charge in [0.2, 0.25) is 0 Å². The highest BCUT2D eigenvalue weighted by Gasteiger charge is 2.57. The van der Waals surface area contributed by atoms with Gasteiger partial charge in [-0.05, 0) is 129 Å². The summed E-state index contributed by atoms with van der Waals surface area (Å²) < 4.78 is 35.7. The van der Waals surface area contributed by atoms with E-state index in [0.717, 1.165) is 40.6 Å². The van der Waals surface area contributed by atoms with Crippen molar-refractivity contribution in [2.75, 3.05) is 6.61 Å². The summed E-state index contributed by atoms with van der Waals surface area (Å²) in [6, 6.07) is 13.2. The highest BCUT2D eigenvalue weighted by molar-refractivity contribution is 6.41. The fourth-order valence-corrected chi connectivity index (χ4v) is 10.4. The number of hydrogen-bond acceptors (Lipinski definition) is 4. The van der Waals surface area contributed by atoms with Gasteiger partial charge < -0.3 is 19.4 Å². The number of rotatable bonds is 16. The maximum Gasteiger partial charge on any atom is 0.678 e. The zero-order valence-electron chi connectivity index (χ0n) is 35.4. The lowest BCUT2D eigenvalue weighted by Crippen LogP contribution is -2.43. The van der Waals surface area contributed by atoms with Gasteiger partial charge in [0.05, 0.1) is 30.1 Å². The Labute approximate surface area is 347 Å². The van der Waals surface area contributed by atoms with Gasteiger partial charge in [-0.15, -0.1) is 0 Å². The fourth-order valence-electron chi connectivity index (χ4n) is 10.4. The Balaban J connectivity index is 1.02. The molecule has 2 N–H and O–H groups in total. The smallest absolute Gasteiger partial charge is 0.393 e. The number of fused-ring (bicyclic) bond motifs is 1. The third-order valence-corrected chi connectivity index (χ3v) is 13.9. The molecule has 1 unspecified atom stereocenters. The number of aliphatic imine (C=N–C) groups is 1. The van der Waals surface area contributed by atoms with Gasteiger partial charge in [-0.1, -0.05) is 113 Å². The number of aromatic nitrogens is 1. The molecule has 7 atom stereocenters. The van der Waals surface area contributed by atoms with Gasteiger partial charge >= 0.3 is 7.40 Å². The van der Waals surface area contributed by atoms with Crippen LogP contribution in [0.3, 0.4) is 0 Å². The molecule has 0 bridgehead atoms. The Morgan fingerprint density at radius 1 is 1.03 bits per heavy atom. The van der Waals surface area contributed by atoms with E-state index in [1.54, 1.807) is 35.9 Å². The van der Waals surface area contributed by atoms with E-state index in [1.807, 2.05) is 68.5 Å². The number of ether oxygens (including phenoxy) is 1. The molecule has 58 heavy (non-hydrogen) atoms. The van der Waals surface area contributed by atoms with Crippen molar-refractivity contribution < 1.29 is 23.6 Å². The molecule has 4 aliphatic rings. The van der Waals surface area contributed by atoms with Crippen LogP contribution in [0.4, 0.5) is 8.63 Å². The van der Waals surface area contributed by atoms with Crippen molar-refractivity contribution in [1.29, 1.82) is 0 Å². The highest BCUT2D eigenvalue weighted by atomic mass is 19.2. The Morgan fingerprint density at radius 3 is 2.55 bits per heavy atom. The lowest BCUT2D eigenvalue weighted by Gasteiger charge is -2.51. The number of allylic oxidation sites excluding steroid dienone is 8. The normalized spacial score (nSPS) is 29.7. The van der Waals surface area contributed by atoms with Crippen molar-refractivity contribution in [2.24, 2.45) is 33.6 Å². The fraction of sp³-hybridized carbons (Fsp3) is 0.500. The average Bonchev–Trinajstić information content (AvgIpc) is 3.87. The molecule has 1 aliphatic heterocycles. The molecule has 3 aliphatic carbocycles. The number of benzene rings is 1. The lowest BCUT2D eigenvalue weighted by molar-refractivity contribution is 0.0100. The lowest BCUT2D eigenvalue weighted by atomic mass is 9.53. The average molecular weight is 791 g/mol. The van der Waals surface area contributed by atoms with Gasteiger partial charge in [-0.2, -0.15) is 0 Å². The summed E-state index contributed by atoms with van der Waals surface area (Å²) in [5, 5.41) is 21.1. The van der Waals surface area contributed by atoms with Gasteiger partial charge in [-0.25, -0.2) is 0 Å². The highest BCUT2D eigenvalue weighted by Crippen LogP contribution is 2.67. The molecule has 8 heteroatoms.